The van der Waals surface area contributed by atoms with E-state index in [1.807, 2.05) is 30.2 Å². The number of rotatable bonds is 2. The number of aliphatic hydroxyl groups excluding tert-OH is 1. The zero-order valence-electron chi connectivity index (χ0n) is 15.8. The molecule has 0 saturated carbocycles. The molecule has 8 heteroatoms. The van der Waals surface area contributed by atoms with E-state index in [9.17, 15) is 20.4 Å². The summed E-state index contributed by atoms with van der Waals surface area (Å²) in [5, 5.41) is 37.0. The topological polar surface area (TPSA) is 147 Å². The van der Waals surface area contributed by atoms with Gasteiger partial charge in [-0.1, -0.05) is 6.08 Å². The number of hydrogen-bond acceptors (Lipinski definition) is 7. The van der Waals surface area contributed by atoms with E-state index in [1.54, 1.807) is 31.5 Å². The smallest absolute Gasteiger partial charge is 0.337 e. The van der Waals surface area contributed by atoms with Crippen LogP contribution in [0.5, 0.6) is 0 Å². The Morgan fingerprint density at radius 2 is 1.96 bits per heavy atom. The number of likely N-dealkylation sites (N-methyl/N-ethyl adjacent to an activating group) is 1. The molecular weight excluding hydrogens is 358 g/mol. The van der Waals surface area contributed by atoms with E-state index in [0.717, 1.165) is 5.56 Å². The Bertz CT molecular complexity index is 865. The molecule has 4 N–H and O–H groups in total. The summed E-state index contributed by atoms with van der Waals surface area (Å²) in [5.74, 6) is -2.09. The van der Waals surface area contributed by atoms with E-state index in [0.29, 0.717) is 18.7 Å². The third-order valence-electron chi connectivity index (χ3n) is 5.01. The second kappa shape index (κ2) is 8.66. The number of aromatic nitrogens is 1. The largest absolute Gasteiger partial charge is 0.478 e. The lowest BCUT2D eigenvalue weighted by atomic mass is 9.58. The first-order chi connectivity index (χ1) is 13.4. The summed E-state index contributed by atoms with van der Waals surface area (Å²) in [5.41, 5.74) is 5.46. The number of fused-ring (bicyclic) bond motifs is 1. The van der Waals surface area contributed by atoms with E-state index >= 15 is 0 Å². The number of carboxylic acids is 1. The van der Waals surface area contributed by atoms with Crippen molar-refractivity contribution in [3.63, 3.8) is 0 Å². The van der Waals surface area contributed by atoms with Crippen LogP contribution in [0.25, 0.3) is 0 Å². The first-order valence-corrected chi connectivity index (χ1v) is 8.83. The van der Waals surface area contributed by atoms with Gasteiger partial charge in [0.1, 0.15) is 0 Å². The molecule has 0 bridgehead atoms. The number of pyridine rings is 1. The van der Waals surface area contributed by atoms with Crippen molar-refractivity contribution < 1.29 is 15.0 Å². The van der Waals surface area contributed by atoms with Crippen LogP contribution >= 0.6 is 0 Å². The van der Waals surface area contributed by atoms with Crippen LogP contribution in [-0.2, 0) is 4.79 Å². The molecule has 2 atom stereocenters. The van der Waals surface area contributed by atoms with Gasteiger partial charge in [-0.25, -0.2) is 4.79 Å². The van der Waals surface area contributed by atoms with Gasteiger partial charge >= 0.3 is 5.97 Å². The third-order valence-corrected chi connectivity index (χ3v) is 5.01. The molecule has 0 fully saturated rings. The van der Waals surface area contributed by atoms with E-state index in [1.165, 1.54) is 0 Å². The van der Waals surface area contributed by atoms with Gasteiger partial charge in [0, 0.05) is 43.9 Å². The summed E-state index contributed by atoms with van der Waals surface area (Å²) in [6.45, 7) is 3.05. The van der Waals surface area contributed by atoms with Crippen molar-refractivity contribution in [2.45, 2.75) is 12.8 Å². The van der Waals surface area contributed by atoms with Gasteiger partial charge in [0.25, 0.3) is 0 Å². The summed E-state index contributed by atoms with van der Waals surface area (Å²) in [6.07, 6.45) is 5.02. The normalized spacial score (nSPS) is 23.2. The highest BCUT2D eigenvalue weighted by Crippen LogP contribution is 2.54. The van der Waals surface area contributed by atoms with Gasteiger partial charge < -0.3 is 20.8 Å². The van der Waals surface area contributed by atoms with Crippen molar-refractivity contribution in [2.24, 2.45) is 17.1 Å². The number of hydrogen-bond donors (Lipinski definition) is 3. The van der Waals surface area contributed by atoms with Crippen molar-refractivity contribution in [3.05, 3.63) is 53.0 Å². The predicted octanol–water partition coefficient (Wildman–Crippen LogP) is 0.996. The molecule has 0 aromatic carbocycles. The van der Waals surface area contributed by atoms with Gasteiger partial charge in [-0.3, -0.25) is 4.98 Å². The zero-order chi connectivity index (χ0) is 20.9. The number of carboxylic acid groups (broad SMARTS) is 1. The molecular formula is C20H23N5O3. The quantitative estimate of drug-likeness (QED) is 0.687. The fourth-order valence-corrected chi connectivity index (χ4v) is 3.88. The number of allylic oxidation sites excluding steroid dienone is 1. The van der Waals surface area contributed by atoms with Crippen LogP contribution in [-0.4, -0.2) is 52.8 Å². The van der Waals surface area contributed by atoms with Crippen LogP contribution in [0.1, 0.15) is 18.4 Å². The van der Waals surface area contributed by atoms with Crippen LogP contribution in [0.15, 0.2) is 47.4 Å². The van der Waals surface area contributed by atoms with Gasteiger partial charge in [0.15, 0.2) is 5.41 Å². The Hall–Kier alpha value is -3.20. The SMILES string of the molecule is CCO.CN1CC=C2C(C(=O)O)=C(N)C(C#N)(C#N)C(c3ccncc3)C2C1. The number of carbonyl (C=O) groups is 1. The minimum Gasteiger partial charge on any atom is -0.478 e. The van der Waals surface area contributed by atoms with Crippen LogP contribution in [0.3, 0.4) is 0 Å². The van der Waals surface area contributed by atoms with Crippen molar-refractivity contribution in [3.8, 4) is 12.1 Å². The summed E-state index contributed by atoms with van der Waals surface area (Å²) in [4.78, 5) is 17.9. The van der Waals surface area contributed by atoms with Crippen LogP contribution in [0, 0.1) is 34.0 Å². The van der Waals surface area contributed by atoms with E-state index in [4.69, 9.17) is 10.8 Å². The van der Waals surface area contributed by atoms with Gasteiger partial charge in [-0.15, -0.1) is 0 Å². The van der Waals surface area contributed by atoms with Crippen LogP contribution in [0.4, 0.5) is 0 Å². The highest BCUT2D eigenvalue weighted by Gasteiger charge is 2.55. The van der Waals surface area contributed by atoms with Gasteiger partial charge in [-0.2, -0.15) is 10.5 Å². The monoisotopic (exact) mass is 381 g/mol. The van der Waals surface area contributed by atoms with E-state index in [-0.39, 0.29) is 23.8 Å². The minimum absolute atomic E-state index is 0.105. The Balaban J connectivity index is 0.000000878. The van der Waals surface area contributed by atoms with Gasteiger partial charge in [0.2, 0.25) is 0 Å². The fourth-order valence-electron chi connectivity index (χ4n) is 3.88. The highest BCUT2D eigenvalue weighted by molar-refractivity contribution is 5.94. The Kier molecular flexibility index (Phi) is 6.53. The number of nitrogens with zero attached hydrogens (tertiary/aromatic N) is 4. The van der Waals surface area contributed by atoms with Gasteiger partial charge in [-0.05, 0) is 37.2 Å². The maximum atomic E-state index is 11.8. The number of nitrogens with two attached hydrogens (primary N) is 1. The first kappa shape index (κ1) is 21.1. The summed E-state index contributed by atoms with van der Waals surface area (Å²) in [7, 11) is 1.92. The number of aliphatic hydroxyl groups is 1. The Morgan fingerprint density at radius 1 is 1.39 bits per heavy atom. The molecule has 3 rings (SSSR count). The minimum atomic E-state index is -1.74. The molecule has 0 saturated heterocycles. The lowest BCUT2D eigenvalue weighted by Gasteiger charge is -2.45. The lowest BCUT2D eigenvalue weighted by Crippen LogP contribution is -2.48. The third kappa shape index (κ3) is 3.48. The molecule has 0 spiro atoms. The average Bonchev–Trinajstić information content (AvgIpc) is 2.68. The molecule has 0 amide bonds. The maximum absolute atomic E-state index is 11.8. The number of nitriles is 2. The molecule has 1 aromatic heterocycles. The molecule has 2 heterocycles. The Morgan fingerprint density at radius 3 is 2.46 bits per heavy atom. The molecule has 1 aliphatic heterocycles. The standard InChI is InChI=1S/C18H17N5O2.C2H6O/c1-23-7-4-12-13(8-23)15(11-2-5-22-6-3-11)18(9-19,10-20)16(21)14(12)17(24)25;1-2-3/h2-6,13,15H,7-8,21H2,1H3,(H,24,25);3H,2H2,1H3. The molecule has 2 unspecified atom stereocenters. The average molecular weight is 381 g/mol. The van der Waals surface area contributed by atoms with Crippen molar-refractivity contribution >= 4 is 5.97 Å². The van der Waals surface area contributed by atoms with Gasteiger partial charge in [0.05, 0.1) is 23.4 Å². The summed E-state index contributed by atoms with van der Waals surface area (Å²) >= 11 is 0. The summed E-state index contributed by atoms with van der Waals surface area (Å²) in [6, 6.07) is 7.55. The van der Waals surface area contributed by atoms with Crippen molar-refractivity contribution in [1.82, 2.24) is 9.88 Å². The van der Waals surface area contributed by atoms with Crippen molar-refractivity contribution in [1.29, 1.82) is 10.5 Å². The Labute approximate surface area is 163 Å². The maximum Gasteiger partial charge on any atom is 0.337 e. The van der Waals surface area contributed by atoms with E-state index in [2.05, 4.69) is 4.98 Å². The van der Waals surface area contributed by atoms with Crippen LogP contribution < -0.4 is 5.73 Å². The van der Waals surface area contributed by atoms with Crippen LogP contribution in [0.2, 0.25) is 0 Å². The second-order valence-electron chi connectivity index (χ2n) is 6.69. The summed E-state index contributed by atoms with van der Waals surface area (Å²) < 4.78 is 0. The van der Waals surface area contributed by atoms with E-state index < -0.39 is 17.3 Å². The fraction of sp³-hybridized carbons (Fsp3) is 0.400. The molecule has 1 aromatic rings. The second-order valence-corrected chi connectivity index (χ2v) is 6.69. The molecule has 1 aliphatic carbocycles. The number of aliphatic carboxylic acids is 1. The first-order valence-electron chi connectivity index (χ1n) is 8.83. The van der Waals surface area contributed by atoms with Crippen molar-refractivity contribution in [2.75, 3.05) is 26.7 Å². The highest BCUT2D eigenvalue weighted by atomic mass is 16.4. The zero-order valence-corrected chi connectivity index (χ0v) is 15.8. The molecule has 146 valence electrons. The molecule has 2 aliphatic rings. The predicted molar refractivity (Wildman–Crippen MR) is 101 cm³/mol. The molecule has 8 nitrogen and oxygen atoms in total. The molecule has 28 heavy (non-hydrogen) atoms. The molecule has 0 radical (unpaired) electrons. The lowest BCUT2D eigenvalue weighted by molar-refractivity contribution is -0.132.